The van der Waals surface area contributed by atoms with Gasteiger partial charge < -0.3 is 16.0 Å². The molecular weight excluding hydrogens is 612 g/mol. The minimum Gasteiger partial charge on any atom is -0.325 e. The van der Waals surface area contributed by atoms with Crippen molar-refractivity contribution in [3.8, 4) is 11.1 Å². The molecule has 234 valence electrons. The van der Waals surface area contributed by atoms with Crippen LogP contribution < -0.4 is 16.0 Å². The highest BCUT2D eigenvalue weighted by molar-refractivity contribution is 8.00. The smallest absolute Gasteiger partial charge is 0.272 e. The Bertz CT molecular complexity index is 1930. The van der Waals surface area contributed by atoms with E-state index < -0.39 is 16.7 Å². The number of carbonyl (C=O) groups is 3. The average Bonchev–Trinajstić information content (AvgIpc) is 3.09. The van der Waals surface area contributed by atoms with E-state index in [0.717, 1.165) is 21.6 Å². The fraction of sp³-hybridized carbons (Fsp3) is 0.0541. The number of nitrogens with one attached hydrogen (secondary N) is 3. The maximum atomic E-state index is 13.4. The molecule has 9 nitrogen and oxygen atoms in total. The van der Waals surface area contributed by atoms with Gasteiger partial charge in [0.05, 0.1) is 10.7 Å². The Hall–Kier alpha value is -6.00. The number of hydrogen-bond acceptors (Lipinski definition) is 6. The van der Waals surface area contributed by atoms with Crippen molar-refractivity contribution in [2.75, 3.05) is 16.4 Å². The quantitative estimate of drug-likeness (QED) is 0.0586. The summed E-state index contributed by atoms with van der Waals surface area (Å²) in [4.78, 5) is 50.2. The summed E-state index contributed by atoms with van der Waals surface area (Å²) in [6, 6.07) is 37.5. The number of non-ortho nitro benzene ring substituents is 1. The lowest BCUT2D eigenvalue weighted by atomic mass is 10.0. The van der Waals surface area contributed by atoms with E-state index in [-0.39, 0.29) is 23.0 Å². The molecule has 10 heteroatoms. The van der Waals surface area contributed by atoms with Crippen molar-refractivity contribution >= 4 is 52.6 Å². The Kier molecular flexibility index (Phi) is 10.6. The van der Waals surface area contributed by atoms with Gasteiger partial charge in [-0.2, -0.15) is 0 Å². The predicted molar refractivity (Wildman–Crippen MR) is 186 cm³/mol. The monoisotopic (exact) mass is 642 g/mol. The first-order valence-electron chi connectivity index (χ1n) is 14.6. The number of hydrogen-bond donors (Lipinski definition) is 3. The van der Waals surface area contributed by atoms with E-state index in [9.17, 15) is 24.5 Å². The summed E-state index contributed by atoms with van der Waals surface area (Å²) < 4.78 is 0. The molecule has 0 bridgehead atoms. The molecule has 5 aromatic rings. The maximum Gasteiger partial charge on any atom is 0.272 e. The van der Waals surface area contributed by atoms with Gasteiger partial charge >= 0.3 is 0 Å². The number of nitro groups is 1. The molecule has 0 aliphatic carbocycles. The number of nitrogens with zero attached hydrogens (tertiary/aromatic N) is 1. The van der Waals surface area contributed by atoms with Crippen LogP contribution in [-0.2, 0) is 9.59 Å². The fourth-order valence-corrected chi connectivity index (χ4v) is 5.28. The topological polar surface area (TPSA) is 130 Å². The van der Waals surface area contributed by atoms with Crippen molar-refractivity contribution in [2.45, 2.75) is 11.8 Å². The van der Waals surface area contributed by atoms with Crippen LogP contribution in [0, 0.1) is 17.0 Å². The molecule has 47 heavy (non-hydrogen) atoms. The molecular formula is C37H30N4O5S. The standard InChI is InChI=1S/C37H30N4O5S/c1-25-22-31(41(45)46)18-21-33(25)39-35(42)24-47-32-19-16-30(17-20-32)38-37(44)34(40-36(43)29-10-6-3-7-11-29)23-26-12-14-28(15-13-26)27-8-4-2-5-9-27/h2-23H,24H2,1H3,(H,38,44)(H,39,42)(H,40,43)/b34-23-. The molecule has 5 aromatic carbocycles. The molecule has 0 aliphatic heterocycles. The van der Waals surface area contributed by atoms with E-state index >= 15 is 0 Å². The SMILES string of the molecule is Cc1cc([N+](=O)[O-])ccc1NC(=O)CSc1ccc(NC(=O)/C(=C/c2ccc(-c3ccccc3)cc2)NC(=O)c2ccccc2)cc1. The first-order chi connectivity index (χ1) is 22.7. The van der Waals surface area contributed by atoms with E-state index in [1.54, 1.807) is 61.5 Å². The highest BCUT2D eigenvalue weighted by Gasteiger charge is 2.16. The first-order valence-corrected chi connectivity index (χ1v) is 15.6. The van der Waals surface area contributed by atoms with Gasteiger partial charge in [0.15, 0.2) is 0 Å². The van der Waals surface area contributed by atoms with Crippen molar-refractivity contribution in [3.05, 3.63) is 160 Å². The number of aryl methyl sites for hydroxylation is 1. The van der Waals surface area contributed by atoms with Crippen LogP contribution in [0.1, 0.15) is 21.5 Å². The van der Waals surface area contributed by atoms with Crippen LogP contribution in [-0.4, -0.2) is 28.4 Å². The Balaban J connectivity index is 1.24. The molecule has 0 saturated heterocycles. The number of amides is 3. The molecule has 0 heterocycles. The van der Waals surface area contributed by atoms with Crippen LogP contribution in [0.4, 0.5) is 17.1 Å². The van der Waals surface area contributed by atoms with E-state index in [4.69, 9.17) is 0 Å². The molecule has 5 rings (SSSR count). The molecule has 3 amide bonds. The lowest BCUT2D eigenvalue weighted by Crippen LogP contribution is -2.30. The number of carbonyl (C=O) groups excluding carboxylic acids is 3. The zero-order valence-electron chi connectivity index (χ0n) is 25.3. The second-order valence-electron chi connectivity index (χ2n) is 10.4. The van der Waals surface area contributed by atoms with Crippen LogP contribution in [0.2, 0.25) is 0 Å². The normalized spacial score (nSPS) is 11.0. The summed E-state index contributed by atoms with van der Waals surface area (Å²) in [5.41, 5.74) is 4.88. The Morgan fingerprint density at radius 1 is 0.766 bits per heavy atom. The van der Waals surface area contributed by atoms with E-state index in [2.05, 4.69) is 16.0 Å². The molecule has 0 saturated carbocycles. The first kappa shape index (κ1) is 32.4. The van der Waals surface area contributed by atoms with Crippen LogP contribution in [0.15, 0.2) is 138 Å². The lowest BCUT2D eigenvalue weighted by Gasteiger charge is -2.12. The molecule has 0 atom stereocenters. The third-order valence-electron chi connectivity index (χ3n) is 7.03. The molecule has 0 aromatic heterocycles. The summed E-state index contributed by atoms with van der Waals surface area (Å²) >= 11 is 1.30. The van der Waals surface area contributed by atoms with Gasteiger partial charge in [0, 0.05) is 34.0 Å². The van der Waals surface area contributed by atoms with Crippen molar-refractivity contribution in [3.63, 3.8) is 0 Å². The van der Waals surface area contributed by atoms with Crippen LogP contribution in [0.25, 0.3) is 17.2 Å². The van der Waals surface area contributed by atoms with Gasteiger partial charge in [-0.3, -0.25) is 24.5 Å². The Morgan fingerprint density at radius 2 is 1.40 bits per heavy atom. The van der Waals surface area contributed by atoms with Gasteiger partial charge in [-0.25, -0.2) is 0 Å². The van der Waals surface area contributed by atoms with Gasteiger partial charge in [-0.05, 0) is 77.7 Å². The highest BCUT2D eigenvalue weighted by atomic mass is 32.2. The van der Waals surface area contributed by atoms with Gasteiger partial charge in [0.1, 0.15) is 5.70 Å². The number of rotatable bonds is 11. The van der Waals surface area contributed by atoms with Crippen molar-refractivity contribution in [1.82, 2.24) is 5.32 Å². The minimum atomic E-state index is -0.500. The average molecular weight is 643 g/mol. The van der Waals surface area contributed by atoms with Crippen molar-refractivity contribution < 1.29 is 19.3 Å². The lowest BCUT2D eigenvalue weighted by molar-refractivity contribution is -0.384. The minimum absolute atomic E-state index is 0.0410. The summed E-state index contributed by atoms with van der Waals surface area (Å²) in [6.45, 7) is 1.69. The summed E-state index contributed by atoms with van der Waals surface area (Å²) in [5.74, 6) is -1.06. The number of benzene rings is 5. The van der Waals surface area contributed by atoms with Gasteiger partial charge in [-0.15, -0.1) is 11.8 Å². The molecule has 0 aliphatic rings. The zero-order valence-corrected chi connectivity index (χ0v) is 26.1. The van der Waals surface area contributed by atoms with Gasteiger partial charge in [-0.1, -0.05) is 72.8 Å². The van der Waals surface area contributed by atoms with E-state index in [0.29, 0.717) is 22.5 Å². The third kappa shape index (κ3) is 9.03. The number of anilines is 2. The van der Waals surface area contributed by atoms with Crippen LogP contribution >= 0.6 is 11.8 Å². The second kappa shape index (κ2) is 15.3. The van der Waals surface area contributed by atoms with Crippen LogP contribution in [0.3, 0.4) is 0 Å². The van der Waals surface area contributed by atoms with Crippen molar-refractivity contribution in [1.29, 1.82) is 0 Å². The largest absolute Gasteiger partial charge is 0.325 e. The van der Waals surface area contributed by atoms with Crippen molar-refractivity contribution in [2.24, 2.45) is 0 Å². The van der Waals surface area contributed by atoms with Crippen LogP contribution in [0.5, 0.6) is 0 Å². The molecule has 0 fully saturated rings. The molecule has 3 N–H and O–H groups in total. The van der Waals surface area contributed by atoms with Gasteiger partial charge in [0.25, 0.3) is 17.5 Å². The molecule has 0 radical (unpaired) electrons. The highest BCUT2D eigenvalue weighted by Crippen LogP contribution is 2.24. The number of thioether (sulfide) groups is 1. The molecule has 0 unspecified atom stereocenters. The Morgan fingerprint density at radius 3 is 2.04 bits per heavy atom. The summed E-state index contributed by atoms with van der Waals surface area (Å²) in [6.07, 6.45) is 1.63. The predicted octanol–water partition coefficient (Wildman–Crippen LogP) is 7.71. The maximum absolute atomic E-state index is 13.4. The fourth-order valence-electron chi connectivity index (χ4n) is 4.58. The summed E-state index contributed by atoms with van der Waals surface area (Å²) in [7, 11) is 0. The van der Waals surface area contributed by atoms with Gasteiger partial charge in [0.2, 0.25) is 5.91 Å². The molecule has 0 spiro atoms. The number of nitro benzene ring substituents is 1. The second-order valence-corrected chi connectivity index (χ2v) is 11.5. The van der Waals surface area contributed by atoms with E-state index in [1.165, 1.54) is 30.0 Å². The zero-order chi connectivity index (χ0) is 33.2. The van der Waals surface area contributed by atoms with E-state index in [1.807, 2.05) is 60.7 Å². The summed E-state index contributed by atoms with van der Waals surface area (Å²) in [5, 5.41) is 19.3. The Labute approximate surface area is 275 Å². The third-order valence-corrected chi connectivity index (χ3v) is 8.05.